The number of rotatable bonds is 3. The monoisotopic (exact) mass is 215 g/mol. The van der Waals surface area contributed by atoms with Gasteiger partial charge in [0.05, 0.1) is 12.8 Å². The Morgan fingerprint density at radius 2 is 1.87 bits per heavy atom. The van der Waals surface area contributed by atoms with E-state index in [1.807, 2.05) is 0 Å². The Morgan fingerprint density at radius 1 is 1.27 bits per heavy atom. The van der Waals surface area contributed by atoms with Gasteiger partial charge in [0.2, 0.25) is 0 Å². The van der Waals surface area contributed by atoms with Gasteiger partial charge < -0.3 is 9.47 Å². The van der Waals surface area contributed by atoms with E-state index < -0.39 is 6.61 Å². The minimum atomic E-state index is -2.84. The molecule has 3 nitrogen and oxygen atoms in total. The molecule has 0 N–H and O–H groups in total. The van der Waals surface area contributed by atoms with Crippen molar-refractivity contribution in [3.8, 4) is 5.75 Å². The van der Waals surface area contributed by atoms with Gasteiger partial charge in [-0.3, -0.25) is 0 Å². The second kappa shape index (κ2) is 5.29. The molecule has 0 aliphatic rings. The van der Waals surface area contributed by atoms with E-state index in [2.05, 4.69) is 9.73 Å². The summed E-state index contributed by atoms with van der Waals surface area (Å²) in [5, 5.41) is 0. The van der Waals surface area contributed by atoms with Crippen molar-refractivity contribution in [3.05, 3.63) is 24.3 Å². The molecule has 0 bridgehead atoms. The molecule has 15 heavy (non-hydrogen) atoms. The van der Waals surface area contributed by atoms with Gasteiger partial charge in [-0.15, -0.1) is 0 Å². The Kier molecular flexibility index (Phi) is 4.03. The zero-order chi connectivity index (χ0) is 11.3. The second-order valence-corrected chi connectivity index (χ2v) is 2.71. The van der Waals surface area contributed by atoms with Gasteiger partial charge in [-0.1, -0.05) is 0 Å². The van der Waals surface area contributed by atoms with Crippen molar-refractivity contribution in [3.63, 3.8) is 0 Å². The van der Waals surface area contributed by atoms with Crippen LogP contribution < -0.4 is 4.74 Å². The van der Waals surface area contributed by atoms with Crippen molar-refractivity contribution < 1.29 is 18.3 Å². The third kappa shape index (κ3) is 3.93. The first-order chi connectivity index (χ1) is 7.11. The highest BCUT2D eigenvalue weighted by Gasteiger charge is 2.03. The summed E-state index contributed by atoms with van der Waals surface area (Å²) in [5.41, 5.74) is 0.536. The fraction of sp³-hybridized carbons (Fsp3) is 0.300. The van der Waals surface area contributed by atoms with Gasteiger partial charge in [-0.2, -0.15) is 8.78 Å². The molecule has 1 rings (SSSR count). The first kappa shape index (κ1) is 11.4. The van der Waals surface area contributed by atoms with E-state index in [1.165, 1.54) is 6.92 Å². The molecule has 0 radical (unpaired) electrons. The smallest absolute Gasteiger partial charge is 0.388 e. The van der Waals surface area contributed by atoms with Gasteiger partial charge in [-0.05, 0) is 24.3 Å². The number of halogens is 2. The van der Waals surface area contributed by atoms with E-state index in [4.69, 9.17) is 4.74 Å². The molecule has 0 aliphatic heterocycles. The Bertz CT molecular complexity index is 336. The van der Waals surface area contributed by atoms with Crippen LogP contribution in [0.15, 0.2) is 29.3 Å². The van der Waals surface area contributed by atoms with Crippen LogP contribution in [0.25, 0.3) is 0 Å². The first-order valence-corrected chi connectivity index (χ1v) is 4.26. The van der Waals surface area contributed by atoms with E-state index in [-0.39, 0.29) is 5.90 Å². The molecule has 1 aromatic carbocycles. The standard InChI is InChI=1S/C10H11F2NO2/c1-7(15-10(11)12)13-8-3-5-9(14-2)6-4-8/h3-6,10H,1-2H3. The fourth-order valence-corrected chi connectivity index (χ4v) is 0.994. The molecular formula is C10H11F2NO2. The summed E-state index contributed by atoms with van der Waals surface area (Å²) < 4.78 is 32.6. The molecular weight excluding hydrogens is 204 g/mol. The minimum absolute atomic E-state index is 0.0739. The lowest BCUT2D eigenvalue weighted by Gasteiger charge is -2.03. The molecule has 5 heteroatoms. The topological polar surface area (TPSA) is 30.8 Å². The number of hydrogen-bond acceptors (Lipinski definition) is 3. The summed E-state index contributed by atoms with van der Waals surface area (Å²) in [6.07, 6.45) is 0. The van der Waals surface area contributed by atoms with Crippen LogP contribution in [0.5, 0.6) is 5.75 Å². The summed E-state index contributed by atoms with van der Waals surface area (Å²) >= 11 is 0. The van der Waals surface area contributed by atoms with Crippen molar-refractivity contribution in [2.24, 2.45) is 4.99 Å². The largest absolute Gasteiger partial charge is 0.497 e. The zero-order valence-corrected chi connectivity index (χ0v) is 8.41. The molecule has 82 valence electrons. The van der Waals surface area contributed by atoms with Gasteiger partial charge in [0.25, 0.3) is 0 Å². The van der Waals surface area contributed by atoms with E-state index in [0.29, 0.717) is 11.4 Å². The van der Waals surface area contributed by atoms with Gasteiger partial charge in [0, 0.05) is 6.92 Å². The highest BCUT2D eigenvalue weighted by molar-refractivity contribution is 5.76. The number of methoxy groups -OCH3 is 1. The van der Waals surface area contributed by atoms with Crippen LogP contribution in [0.3, 0.4) is 0 Å². The number of aliphatic imine (C=N–C) groups is 1. The van der Waals surface area contributed by atoms with Gasteiger partial charge in [-0.25, -0.2) is 4.99 Å². The third-order valence-electron chi connectivity index (χ3n) is 1.62. The highest BCUT2D eigenvalue weighted by Crippen LogP contribution is 2.18. The van der Waals surface area contributed by atoms with Gasteiger partial charge >= 0.3 is 6.61 Å². The Balaban J connectivity index is 2.71. The third-order valence-corrected chi connectivity index (χ3v) is 1.62. The zero-order valence-electron chi connectivity index (χ0n) is 8.41. The lowest BCUT2D eigenvalue weighted by Crippen LogP contribution is -2.04. The second-order valence-electron chi connectivity index (χ2n) is 2.71. The maximum absolute atomic E-state index is 11.8. The highest BCUT2D eigenvalue weighted by atomic mass is 19.3. The number of benzene rings is 1. The van der Waals surface area contributed by atoms with Crippen LogP contribution in [0, 0.1) is 0 Å². The maximum atomic E-state index is 11.8. The average molecular weight is 215 g/mol. The van der Waals surface area contributed by atoms with Gasteiger partial charge in [0.1, 0.15) is 5.75 Å². The van der Waals surface area contributed by atoms with Crippen molar-refractivity contribution in [1.29, 1.82) is 0 Å². The van der Waals surface area contributed by atoms with Crippen LogP contribution in [0.4, 0.5) is 14.5 Å². The van der Waals surface area contributed by atoms with Crippen molar-refractivity contribution in [2.45, 2.75) is 13.5 Å². The molecule has 0 aromatic heterocycles. The number of alkyl halides is 2. The molecule has 0 unspecified atom stereocenters. The van der Waals surface area contributed by atoms with Gasteiger partial charge in [0.15, 0.2) is 5.90 Å². The lowest BCUT2D eigenvalue weighted by atomic mass is 10.3. The molecule has 0 saturated heterocycles. The van der Waals surface area contributed by atoms with Crippen LogP contribution in [0.2, 0.25) is 0 Å². The number of hydrogen-bond donors (Lipinski definition) is 0. The predicted molar refractivity (Wildman–Crippen MR) is 52.9 cm³/mol. The van der Waals surface area contributed by atoms with Crippen LogP contribution >= 0.6 is 0 Å². The summed E-state index contributed by atoms with van der Waals surface area (Å²) in [6, 6.07) is 6.68. The van der Waals surface area contributed by atoms with Crippen LogP contribution in [0.1, 0.15) is 6.92 Å². The average Bonchev–Trinajstić information content (AvgIpc) is 2.17. The molecule has 0 saturated carbocycles. The number of ether oxygens (including phenoxy) is 2. The first-order valence-electron chi connectivity index (χ1n) is 4.26. The molecule has 0 amide bonds. The Hall–Kier alpha value is -1.65. The Morgan fingerprint density at radius 3 is 2.33 bits per heavy atom. The van der Waals surface area contributed by atoms with Crippen molar-refractivity contribution >= 4 is 11.6 Å². The quantitative estimate of drug-likeness (QED) is 0.573. The predicted octanol–water partition coefficient (Wildman–Crippen LogP) is 2.98. The normalized spacial score (nSPS) is 11.7. The van der Waals surface area contributed by atoms with E-state index in [9.17, 15) is 8.78 Å². The minimum Gasteiger partial charge on any atom is -0.497 e. The summed E-state index contributed by atoms with van der Waals surface area (Å²) in [7, 11) is 1.55. The van der Waals surface area contributed by atoms with E-state index in [1.54, 1.807) is 31.4 Å². The van der Waals surface area contributed by atoms with Crippen LogP contribution in [-0.2, 0) is 4.74 Å². The lowest BCUT2D eigenvalue weighted by molar-refractivity contribution is -0.0607. The Labute approximate surface area is 86.3 Å². The molecule has 0 atom stereocenters. The maximum Gasteiger partial charge on any atom is 0.388 e. The number of nitrogens with zero attached hydrogens (tertiary/aromatic N) is 1. The summed E-state index contributed by atoms with van der Waals surface area (Å²) in [4.78, 5) is 3.83. The molecule has 0 heterocycles. The molecule has 0 fully saturated rings. The van der Waals surface area contributed by atoms with E-state index in [0.717, 1.165) is 0 Å². The van der Waals surface area contributed by atoms with Crippen LogP contribution in [-0.4, -0.2) is 19.6 Å². The van der Waals surface area contributed by atoms with Crippen molar-refractivity contribution in [2.75, 3.05) is 7.11 Å². The summed E-state index contributed by atoms with van der Waals surface area (Å²) in [5.74, 6) is 0.608. The fourth-order valence-electron chi connectivity index (χ4n) is 0.994. The molecule has 0 aliphatic carbocycles. The summed E-state index contributed by atoms with van der Waals surface area (Å²) in [6.45, 7) is -1.47. The SMILES string of the molecule is COc1ccc(N=C(C)OC(F)F)cc1. The van der Waals surface area contributed by atoms with E-state index >= 15 is 0 Å². The van der Waals surface area contributed by atoms with Crippen molar-refractivity contribution in [1.82, 2.24) is 0 Å². The molecule has 1 aromatic rings. The molecule has 0 spiro atoms.